The molecule has 0 spiro atoms. The molecule has 1 N–H and O–H groups in total. The fraction of sp³-hybridized carbons (Fsp3) is 0.167. The number of hydrogen-bond donors (Lipinski definition) is 1. The summed E-state index contributed by atoms with van der Waals surface area (Å²) < 4.78 is 5.13. The molecule has 23 heavy (non-hydrogen) atoms. The third kappa shape index (κ3) is 4.26. The molecule has 1 atom stereocenters. The Bertz CT molecular complexity index is 725. The van der Waals surface area contributed by atoms with E-state index in [1.54, 1.807) is 54.6 Å². The first-order valence-corrected chi connectivity index (χ1v) is 7.16. The summed E-state index contributed by atoms with van der Waals surface area (Å²) in [6.07, 6.45) is -0.984. The number of carbonyl (C=O) groups is 3. The van der Waals surface area contributed by atoms with Crippen LogP contribution in [0.5, 0.6) is 0 Å². The van der Waals surface area contributed by atoms with Crippen LogP contribution in [-0.2, 0) is 9.53 Å². The molecular weight excluding hydrogens is 294 g/mol. The quantitative estimate of drug-likeness (QED) is 0.680. The van der Waals surface area contributed by atoms with E-state index in [1.165, 1.54) is 13.8 Å². The zero-order valence-electron chi connectivity index (χ0n) is 12.9. The van der Waals surface area contributed by atoms with Crippen LogP contribution in [0.4, 0.5) is 5.69 Å². The molecule has 0 unspecified atom stereocenters. The van der Waals surface area contributed by atoms with Gasteiger partial charge in [-0.3, -0.25) is 9.59 Å². The van der Waals surface area contributed by atoms with E-state index in [2.05, 4.69) is 5.32 Å². The number of nitrogens with one attached hydrogen (secondary N) is 1. The van der Waals surface area contributed by atoms with E-state index in [0.717, 1.165) is 0 Å². The highest BCUT2D eigenvalue weighted by Crippen LogP contribution is 2.16. The van der Waals surface area contributed by atoms with Crippen LogP contribution in [0, 0.1) is 0 Å². The van der Waals surface area contributed by atoms with E-state index >= 15 is 0 Å². The molecule has 0 bridgehead atoms. The number of anilines is 1. The Labute approximate surface area is 134 Å². The maximum Gasteiger partial charge on any atom is 0.338 e. The SMILES string of the molecule is CC(=O)c1ccccc1NC(=O)[C@@H](C)OC(=O)c1ccccc1. The minimum Gasteiger partial charge on any atom is -0.449 e. The molecule has 118 valence electrons. The highest BCUT2D eigenvalue weighted by atomic mass is 16.5. The van der Waals surface area contributed by atoms with Gasteiger partial charge in [0.15, 0.2) is 11.9 Å². The average Bonchev–Trinajstić information content (AvgIpc) is 2.55. The number of amides is 1. The zero-order valence-corrected chi connectivity index (χ0v) is 12.9. The van der Waals surface area contributed by atoms with Gasteiger partial charge in [0.25, 0.3) is 5.91 Å². The van der Waals surface area contributed by atoms with Crippen LogP contribution in [0.1, 0.15) is 34.6 Å². The molecule has 1 amide bonds. The lowest BCUT2D eigenvalue weighted by molar-refractivity contribution is -0.123. The van der Waals surface area contributed by atoms with Gasteiger partial charge >= 0.3 is 5.97 Å². The van der Waals surface area contributed by atoms with Gasteiger partial charge in [-0.2, -0.15) is 0 Å². The molecule has 5 heteroatoms. The number of carbonyl (C=O) groups excluding carboxylic acids is 3. The molecular formula is C18H17NO4. The zero-order chi connectivity index (χ0) is 16.8. The maximum atomic E-state index is 12.2. The first-order chi connectivity index (χ1) is 11.0. The number of Topliss-reactive ketones (excluding diaryl/α,β-unsaturated/α-hetero) is 1. The highest BCUT2D eigenvalue weighted by molar-refractivity contribution is 6.05. The Morgan fingerprint density at radius 3 is 2.22 bits per heavy atom. The van der Waals surface area contributed by atoms with Crippen molar-refractivity contribution in [3.8, 4) is 0 Å². The summed E-state index contributed by atoms with van der Waals surface area (Å²) in [4.78, 5) is 35.6. The molecule has 0 aromatic heterocycles. The van der Waals surface area contributed by atoms with Crippen LogP contribution in [-0.4, -0.2) is 23.8 Å². The molecule has 0 aliphatic carbocycles. The number of para-hydroxylation sites is 1. The largest absolute Gasteiger partial charge is 0.449 e. The molecule has 2 aromatic rings. The number of hydrogen-bond acceptors (Lipinski definition) is 4. The van der Waals surface area contributed by atoms with Crippen LogP contribution in [0.3, 0.4) is 0 Å². The van der Waals surface area contributed by atoms with Crippen molar-refractivity contribution in [3.63, 3.8) is 0 Å². The third-order valence-corrected chi connectivity index (χ3v) is 3.23. The van der Waals surface area contributed by atoms with Crippen LogP contribution in [0.25, 0.3) is 0 Å². The summed E-state index contributed by atoms with van der Waals surface area (Å²) in [6.45, 7) is 2.90. The Balaban J connectivity index is 2.04. The summed E-state index contributed by atoms with van der Waals surface area (Å²) >= 11 is 0. The maximum absolute atomic E-state index is 12.2. The van der Waals surface area contributed by atoms with Crippen molar-refractivity contribution in [3.05, 3.63) is 65.7 Å². The van der Waals surface area contributed by atoms with Crippen molar-refractivity contribution in [2.75, 3.05) is 5.32 Å². The molecule has 0 fully saturated rings. The standard InChI is InChI=1S/C18H17NO4/c1-12(20)15-10-6-7-11-16(15)19-17(21)13(2)23-18(22)14-8-4-3-5-9-14/h3-11,13H,1-2H3,(H,19,21)/t13-/m1/s1. The average molecular weight is 311 g/mol. The predicted octanol–water partition coefficient (Wildman–Crippen LogP) is 3.07. The number of esters is 1. The molecule has 0 heterocycles. The lowest BCUT2D eigenvalue weighted by atomic mass is 10.1. The molecule has 0 aliphatic heterocycles. The van der Waals surface area contributed by atoms with Gasteiger partial charge in [-0.05, 0) is 38.1 Å². The molecule has 5 nitrogen and oxygen atoms in total. The van der Waals surface area contributed by atoms with Gasteiger partial charge in [0, 0.05) is 5.56 Å². The molecule has 0 saturated heterocycles. The number of ether oxygens (including phenoxy) is 1. The van der Waals surface area contributed by atoms with Crippen molar-refractivity contribution in [2.45, 2.75) is 20.0 Å². The number of rotatable bonds is 5. The van der Waals surface area contributed by atoms with Gasteiger partial charge in [-0.1, -0.05) is 30.3 Å². The third-order valence-electron chi connectivity index (χ3n) is 3.23. The second-order valence-corrected chi connectivity index (χ2v) is 5.00. The van der Waals surface area contributed by atoms with Crippen LogP contribution < -0.4 is 5.32 Å². The van der Waals surface area contributed by atoms with Gasteiger partial charge < -0.3 is 10.1 Å². The van der Waals surface area contributed by atoms with Gasteiger partial charge in [-0.15, -0.1) is 0 Å². The fourth-order valence-corrected chi connectivity index (χ4v) is 1.99. The second kappa shape index (κ2) is 7.35. The fourth-order valence-electron chi connectivity index (χ4n) is 1.99. The van der Waals surface area contributed by atoms with Crippen LogP contribution in [0.2, 0.25) is 0 Å². The van der Waals surface area contributed by atoms with Crippen molar-refractivity contribution in [2.24, 2.45) is 0 Å². The monoisotopic (exact) mass is 311 g/mol. The highest BCUT2D eigenvalue weighted by Gasteiger charge is 2.20. The Morgan fingerprint density at radius 2 is 1.57 bits per heavy atom. The Morgan fingerprint density at radius 1 is 0.957 bits per heavy atom. The van der Waals surface area contributed by atoms with Crippen LogP contribution >= 0.6 is 0 Å². The second-order valence-electron chi connectivity index (χ2n) is 5.00. The number of benzene rings is 2. The first-order valence-electron chi connectivity index (χ1n) is 7.16. The van der Waals surface area contributed by atoms with E-state index in [4.69, 9.17) is 4.74 Å². The Hall–Kier alpha value is -2.95. The molecule has 0 saturated carbocycles. The summed E-state index contributed by atoms with van der Waals surface area (Å²) in [5.74, 6) is -1.23. The van der Waals surface area contributed by atoms with Crippen molar-refractivity contribution >= 4 is 23.3 Å². The van der Waals surface area contributed by atoms with E-state index < -0.39 is 18.0 Å². The molecule has 0 aliphatic rings. The topological polar surface area (TPSA) is 72.5 Å². The van der Waals surface area contributed by atoms with E-state index in [9.17, 15) is 14.4 Å². The van der Waals surface area contributed by atoms with Gasteiger partial charge in [0.1, 0.15) is 0 Å². The van der Waals surface area contributed by atoms with Gasteiger partial charge in [0.2, 0.25) is 0 Å². The minimum atomic E-state index is -0.984. The predicted molar refractivity (Wildman–Crippen MR) is 86.4 cm³/mol. The molecule has 2 aromatic carbocycles. The first kappa shape index (κ1) is 16.4. The normalized spacial score (nSPS) is 11.4. The minimum absolute atomic E-state index is 0.158. The number of ketones is 1. The summed E-state index contributed by atoms with van der Waals surface area (Å²) in [5, 5.41) is 2.61. The van der Waals surface area contributed by atoms with Gasteiger partial charge in [-0.25, -0.2) is 4.79 Å². The van der Waals surface area contributed by atoms with Crippen LogP contribution in [0.15, 0.2) is 54.6 Å². The van der Waals surface area contributed by atoms with Gasteiger partial charge in [0.05, 0.1) is 11.3 Å². The van der Waals surface area contributed by atoms with E-state index in [-0.39, 0.29) is 5.78 Å². The molecule has 0 radical (unpaired) electrons. The summed E-state index contributed by atoms with van der Waals surface area (Å²) in [5.41, 5.74) is 1.17. The molecule has 2 rings (SSSR count). The van der Waals surface area contributed by atoms with E-state index in [0.29, 0.717) is 16.8 Å². The smallest absolute Gasteiger partial charge is 0.338 e. The summed E-state index contributed by atoms with van der Waals surface area (Å²) in [7, 11) is 0. The summed E-state index contributed by atoms with van der Waals surface area (Å²) in [6, 6.07) is 15.1. The van der Waals surface area contributed by atoms with Crippen molar-refractivity contribution in [1.29, 1.82) is 0 Å². The Kier molecular flexibility index (Phi) is 5.25. The van der Waals surface area contributed by atoms with Crippen molar-refractivity contribution < 1.29 is 19.1 Å². The lowest BCUT2D eigenvalue weighted by Gasteiger charge is -2.15. The van der Waals surface area contributed by atoms with E-state index in [1.807, 2.05) is 0 Å². The van der Waals surface area contributed by atoms with Crippen molar-refractivity contribution in [1.82, 2.24) is 0 Å². The lowest BCUT2D eigenvalue weighted by Crippen LogP contribution is -2.30.